The summed E-state index contributed by atoms with van der Waals surface area (Å²) in [6, 6.07) is 0. The molecule has 0 bridgehead atoms. The molecule has 68 valence electrons. The van der Waals surface area contributed by atoms with E-state index in [9.17, 15) is 0 Å². The molecular weight excluding hydrogens is 142 g/mol. The summed E-state index contributed by atoms with van der Waals surface area (Å²) in [6.45, 7) is 6.25. The van der Waals surface area contributed by atoms with Gasteiger partial charge in [-0.3, -0.25) is 5.32 Å². The minimum atomic E-state index is -0.402. The molecule has 0 aromatic rings. The molecule has 0 rings (SSSR count). The molecule has 1 unspecified atom stereocenters. The summed E-state index contributed by atoms with van der Waals surface area (Å²) >= 11 is 0. The van der Waals surface area contributed by atoms with Gasteiger partial charge in [0.1, 0.15) is 6.23 Å². The van der Waals surface area contributed by atoms with Gasteiger partial charge in [0.2, 0.25) is 0 Å². The molecule has 0 radical (unpaired) electrons. The van der Waals surface area contributed by atoms with Crippen molar-refractivity contribution < 1.29 is 9.84 Å². The van der Waals surface area contributed by atoms with Gasteiger partial charge < -0.3 is 9.84 Å². The maximum absolute atomic E-state index is 8.80. The summed E-state index contributed by atoms with van der Waals surface area (Å²) in [6.07, 6.45) is 1.63. The second kappa shape index (κ2) is 7.98. The van der Waals surface area contributed by atoms with E-state index in [1.807, 2.05) is 0 Å². The van der Waals surface area contributed by atoms with Crippen LogP contribution in [0.5, 0.6) is 0 Å². The zero-order valence-electron chi connectivity index (χ0n) is 7.47. The van der Waals surface area contributed by atoms with Gasteiger partial charge >= 0.3 is 0 Å². The Balaban J connectivity index is 2.80. The highest BCUT2D eigenvalue weighted by atomic mass is 16.5. The number of hydrogen-bond donors (Lipinski definition) is 2. The van der Waals surface area contributed by atoms with Gasteiger partial charge in [-0.2, -0.15) is 0 Å². The molecule has 0 saturated carbocycles. The van der Waals surface area contributed by atoms with Crippen molar-refractivity contribution in [2.75, 3.05) is 19.8 Å². The van der Waals surface area contributed by atoms with Gasteiger partial charge in [0.25, 0.3) is 0 Å². The van der Waals surface area contributed by atoms with E-state index in [1.165, 1.54) is 0 Å². The molecule has 0 aliphatic heterocycles. The minimum absolute atomic E-state index is 0.402. The van der Waals surface area contributed by atoms with Crippen LogP contribution in [0.4, 0.5) is 0 Å². The van der Waals surface area contributed by atoms with Crippen molar-refractivity contribution in [3.05, 3.63) is 0 Å². The molecule has 3 heteroatoms. The van der Waals surface area contributed by atoms with Crippen molar-refractivity contribution in [3.8, 4) is 0 Å². The van der Waals surface area contributed by atoms with Crippen LogP contribution in [-0.4, -0.2) is 31.1 Å². The van der Waals surface area contributed by atoms with Crippen molar-refractivity contribution in [1.29, 1.82) is 0 Å². The number of aliphatic hydroxyl groups excluding tert-OH is 1. The van der Waals surface area contributed by atoms with Gasteiger partial charge in [0.05, 0.1) is 0 Å². The van der Waals surface area contributed by atoms with Crippen molar-refractivity contribution in [3.63, 3.8) is 0 Å². The molecule has 2 N–H and O–H groups in total. The van der Waals surface area contributed by atoms with Crippen LogP contribution in [0.25, 0.3) is 0 Å². The summed E-state index contributed by atoms with van der Waals surface area (Å²) < 4.78 is 5.24. The predicted octanol–water partition coefficient (Wildman–Crippen LogP) is 0.731. The first kappa shape index (κ1) is 10.9. The maximum atomic E-state index is 8.80. The Bertz CT molecular complexity index is 76.5. The Morgan fingerprint density at radius 3 is 2.73 bits per heavy atom. The van der Waals surface area contributed by atoms with Crippen LogP contribution in [0.15, 0.2) is 0 Å². The summed E-state index contributed by atoms with van der Waals surface area (Å²) in [4.78, 5) is 0. The highest BCUT2D eigenvalue weighted by Gasteiger charge is 1.92. The molecule has 0 aliphatic carbocycles. The molecule has 0 fully saturated rings. The number of nitrogens with one attached hydrogen (secondary N) is 1. The highest BCUT2D eigenvalue weighted by Crippen LogP contribution is 1.84. The van der Waals surface area contributed by atoms with E-state index in [-0.39, 0.29) is 0 Å². The standard InChI is InChI=1S/C8H19NO2/c1-3-6-11-7-4-5-9-8(2)10/h8-10H,3-7H2,1-2H3. The van der Waals surface area contributed by atoms with Crippen LogP contribution in [0.2, 0.25) is 0 Å². The van der Waals surface area contributed by atoms with E-state index in [2.05, 4.69) is 12.2 Å². The fraction of sp³-hybridized carbons (Fsp3) is 1.00. The molecule has 0 heterocycles. The molecule has 0 saturated heterocycles. The van der Waals surface area contributed by atoms with E-state index in [0.717, 1.165) is 32.6 Å². The third-order valence-corrected chi connectivity index (χ3v) is 1.25. The predicted molar refractivity (Wildman–Crippen MR) is 45.4 cm³/mol. The Morgan fingerprint density at radius 2 is 2.18 bits per heavy atom. The average molecular weight is 161 g/mol. The Kier molecular flexibility index (Phi) is 7.89. The lowest BCUT2D eigenvalue weighted by Gasteiger charge is -2.06. The van der Waals surface area contributed by atoms with Gasteiger partial charge in [-0.25, -0.2) is 0 Å². The second-order valence-corrected chi connectivity index (χ2v) is 2.60. The third-order valence-electron chi connectivity index (χ3n) is 1.25. The van der Waals surface area contributed by atoms with Crippen molar-refractivity contribution >= 4 is 0 Å². The van der Waals surface area contributed by atoms with Gasteiger partial charge in [-0.05, 0) is 26.3 Å². The zero-order valence-corrected chi connectivity index (χ0v) is 7.47. The summed E-state index contributed by atoms with van der Waals surface area (Å²) in [5.41, 5.74) is 0. The van der Waals surface area contributed by atoms with Crippen LogP contribution < -0.4 is 5.32 Å². The van der Waals surface area contributed by atoms with Gasteiger partial charge in [-0.15, -0.1) is 0 Å². The number of rotatable bonds is 7. The monoisotopic (exact) mass is 161 g/mol. The molecule has 0 aliphatic rings. The van der Waals surface area contributed by atoms with Crippen LogP contribution in [0.3, 0.4) is 0 Å². The maximum Gasteiger partial charge on any atom is 0.102 e. The summed E-state index contributed by atoms with van der Waals surface area (Å²) in [5.74, 6) is 0. The normalized spacial score (nSPS) is 13.4. The van der Waals surface area contributed by atoms with Gasteiger partial charge in [-0.1, -0.05) is 6.92 Å². The fourth-order valence-electron chi connectivity index (χ4n) is 0.732. The minimum Gasteiger partial charge on any atom is -0.381 e. The Morgan fingerprint density at radius 1 is 1.45 bits per heavy atom. The zero-order chi connectivity index (χ0) is 8.53. The molecule has 0 aromatic carbocycles. The van der Waals surface area contributed by atoms with Gasteiger partial charge in [0, 0.05) is 13.2 Å². The first-order chi connectivity index (χ1) is 5.27. The lowest BCUT2D eigenvalue weighted by atomic mass is 10.4. The van der Waals surface area contributed by atoms with E-state index >= 15 is 0 Å². The number of aliphatic hydroxyl groups is 1. The van der Waals surface area contributed by atoms with E-state index < -0.39 is 6.23 Å². The molecule has 0 spiro atoms. The third kappa shape index (κ3) is 9.88. The Labute approximate surface area is 68.8 Å². The van der Waals surface area contributed by atoms with Crippen LogP contribution in [0.1, 0.15) is 26.7 Å². The number of hydrogen-bond acceptors (Lipinski definition) is 3. The lowest BCUT2D eigenvalue weighted by molar-refractivity contribution is 0.120. The summed E-state index contributed by atoms with van der Waals surface area (Å²) in [7, 11) is 0. The smallest absolute Gasteiger partial charge is 0.102 e. The molecule has 3 nitrogen and oxygen atoms in total. The average Bonchev–Trinajstić information content (AvgIpc) is 1.96. The molecule has 11 heavy (non-hydrogen) atoms. The van der Waals surface area contributed by atoms with E-state index in [0.29, 0.717) is 0 Å². The van der Waals surface area contributed by atoms with E-state index in [4.69, 9.17) is 9.84 Å². The van der Waals surface area contributed by atoms with Crippen LogP contribution in [-0.2, 0) is 4.74 Å². The summed E-state index contributed by atoms with van der Waals surface area (Å²) in [5, 5.41) is 11.7. The fourth-order valence-corrected chi connectivity index (χ4v) is 0.732. The Hall–Kier alpha value is -0.120. The largest absolute Gasteiger partial charge is 0.381 e. The van der Waals surface area contributed by atoms with Crippen LogP contribution >= 0.6 is 0 Å². The molecule has 1 atom stereocenters. The van der Waals surface area contributed by atoms with Crippen molar-refractivity contribution in [2.45, 2.75) is 32.9 Å². The lowest BCUT2D eigenvalue weighted by Crippen LogP contribution is -2.26. The number of ether oxygens (including phenoxy) is 1. The van der Waals surface area contributed by atoms with Crippen LogP contribution in [0, 0.1) is 0 Å². The quantitative estimate of drug-likeness (QED) is 0.427. The molecule has 0 aromatic heterocycles. The van der Waals surface area contributed by atoms with Gasteiger partial charge in [0.15, 0.2) is 0 Å². The van der Waals surface area contributed by atoms with E-state index in [1.54, 1.807) is 6.92 Å². The second-order valence-electron chi connectivity index (χ2n) is 2.60. The molecule has 0 amide bonds. The van der Waals surface area contributed by atoms with Crippen molar-refractivity contribution in [1.82, 2.24) is 5.32 Å². The first-order valence-electron chi connectivity index (χ1n) is 4.26. The highest BCUT2D eigenvalue weighted by molar-refractivity contribution is 4.45. The SMILES string of the molecule is CCCOCCCNC(C)O. The molecular formula is C8H19NO2. The first-order valence-corrected chi connectivity index (χ1v) is 4.26. The van der Waals surface area contributed by atoms with Crippen molar-refractivity contribution in [2.24, 2.45) is 0 Å². The topological polar surface area (TPSA) is 41.5 Å².